The predicted molar refractivity (Wildman–Crippen MR) is 633 cm³/mol. The Bertz CT molecular complexity index is 6000. The number of benzene rings is 13. The Balaban J connectivity index is 0.000000781. The monoisotopic (exact) mass is 2020 g/mol. The second-order valence-corrected chi connectivity index (χ2v) is 28.3. The number of hydrogen-bond donors (Lipinski definition) is 3. The van der Waals surface area contributed by atoms with E-state index >= 15 is 0 Å². The van der Waals surface area contributed by atoms with E-state index < -0.39 is 5.76 Å². The quantitative estimate of drug-likeness (QED) is 0.119. The summed E-state index contributed by atoms with van der Waals surface area (Å²) >= 11 is 3.46. The maximum atomic E-state index is 10.7. The van der Waals surface area contributed by atoms with Gasteiger partial charge in [0.2, 0.25) is 6.79 Å². The Hall–Kier alpha value is -15.6. The molecule has 0 spiro atoms. The van der Waals surface area contributed by atoms with Crippen molar-refractivity contribution in [2.24, 2.45) is 0 Å². The number of para-hydroxylation sites is 16. The third-order valence-electron chi connectivity index (χ3n) is 18.4. The van der Waals surface area contributed by atoms with Crippen molar-refractivity contribution in [1.29, 1.82) is 0 Å². The van der Waals surface area contributed by atoms with Crippen molar-refractivity contribution in [3.05, 3.63) is 438 Å². The number of thiophene rings is 1. The zero-order valence-electron chi connectivity index (χ0n) is 91.4. The van der Waals surface area contributed by atoms with Gasteiger partial charge in [0.25, 0.3) is 0 Å². The smallest absolute Gasteiger partial charge is 0.417 e. The van der Waals surface area contributed by atoms with Crippen LogP contribution in [0.4, 0.5) is 0 Å². The first-order valence-corrected chi connectivity index (χ1v) is 53.6. The van der Waals surface area contributed by atoms with Crippen molar-refractivity contribution in [1.82, 2.24) is 45.1 Å². The minimum atomic E-state index is -0.402. The van der Waals surface area contributed by atoms with Gasteiger partial charge in [-0.15, -0.1) is 22.7 Å². The SMILES string of the molecule is CC.CC.CC.CC.CC.CC.CC.CC.CC.CC.CC.CC.CC.O=c1[nH]c2ccccc2o1.O=c1ccc2ccccc2o1.c1ccc2[nH]cnc2c1.c1ccc2[nH]ncc2c1.c1ccc2c(c1)CCC2.c1ccc2c(c1)CCO2.c1ccc2c(c1)OCO2.c1ccc2ncccc2c1.c1ccc2occc2c1.c1ccc2ocnc2c1.c1ccc2ocnc2c1.c1ccc2sccc2c1.c1ccc2scnc2c1. The van der Waals surface area contributed by atoms with Gasteiger partial charge in [0.15, 0.2) is 41.0 Å². The lowest BCUT2D eigenvalue weighted by Crippen LogP contribution is -1.93. The number of aryl methyl sites for hydroxylation is 2. The summed E-state index contributed by atoms with van der Waals surface area (Å²) in [6.07, 6.45) is 15.0. The lowest BCUT2D eigenvalue weighted by molar-refractivity contribution is 0.174. The van der Waals surface area contributed by atoms with Gasteiger partial charge in [0, 0.05) is 44.9 Å². The highest BCUT2D eigenvalue weighted by molar-refractivity contribution is 7.17. The second-order valence-electron chi connectivity index (χ2n) is 26.4. The van der Waals surface area contributed by atoms with Crippen LogP contribution in [0.15, 0.2) is 432 Å². The molecule has 0 saturated heterocycles. The molecule has 21 heteroatoms. The van der Waals surface area contributed by atoms with Gasteiger partial charge in [0.05, 0.1) is 68.7 Å². The van der Waals surface area contributed by atoms with Crippen LogP contribution >= 0.6 is 22.7 Å². The number of thiazole rings is 1. The van der Waals surface area contributed by atoms with E-state index in [1.807, 2.05) is 441 Å². The first kappa shape index (κ1) is 129. The lowest BCUT2D eigenvalue weighted by Gasteiger charge is -1.93. The number of nitrogens with one attached hydrogen (secondary N) is 3. The van der Waals surface area contributed by atoms with Gasteiger partial charge in [-0.1, -0.05) is 392 Å². The van der Waals surface area contributed by atoms with Crippen molar-refractivity contribution in [2.45, 2.75) is 206 Å². The molecule has 2 aliphatic heterocycles. The molecular weight excluding hydrogens is 1860 g/mol. The number of rotatable bonds is 0. The molecule has 10 aromatic heterocycles. The van der Waals surface area contributed by atoms with Gasteiger partial charge in [-0.3, -0.25) is 15.1 Å². The summed E-state index contributed by atoms with van der Waals surface area (Å²) in [7, 11) is 0. The summed E-state index contributed by atoms with van der Waals surface area (Å²) in [6, 6.07) is 114. The molecule has 26 rings (SSSR count). The third kappa shape index (κ3) is 48.1. The first-order valence-electron chi connectivity index (χ1n) is 51.8. The van der Waals surface area contributed by atoms with Crippen LogP contribution in [-0.2, 0) is 19.3 Å². The van der Waals surface area contributed by atoms with E-state index in [1.165, 1.54) is 63.9 Å². The summed E-state index contributed by atoms with van der Waals surface area (Å²) in [5.41, 5.74) is 17.9. The van der Waals surface area contributed by atoms with E-state index in [0.717, 1.165) is 107 Å². The largest absolute Gasteiger partial charge is 0.493 e. The van der Waals surface area contributed by atoms with Crippen LogP contribution in [0.3, 0.4) is 0 Å². The molecular formula is C126H159N9O10S2. The standard InChI is InChI=1S/C9H7N.C9H6O2.C9H10.C8H8O.C8H6O.C8H6S.2C7H6N2.C7H5NO2.2C7H5NO.C7H5NS.C7H6O2.13C2H6/c1-2-6-9-8(4-1)5-3-7-10-9;10-9-6-5-7-3-1-2-4-8(7)11-9;1-2-5-9-7-3-6-8(9)4-1;3*1-2-4-8-7(3-1)5-6-9-8;1-2-4-7-6(3-1)8-5-9-7;1-2-4-7-6(3-1)5-8-9-7;9-7-8-5-3-1-2-4-6(5)10-7;4*1-2-4-7-6(3-1)8-5-9-7;13*1-2/h1-7H;1-6H;1-2,4-5H,3,6-7H2;1-4H,5-6H2;2*1-6H;2*1-5H,(H,8,9);1-4H,(H,8,9);3*1-5H;1-4H,5H2;13*1-2H3. The van der Waals surface area contributed by atoms with E-state index in [4.69, 9.17) is 36.3 Å². The first-order chi connectivity index (χ1) is 72.8. The molecule has 3 N–H and O–H groups in total. The molecule has 23 aromatic rings. The molecule has 0 amide bonds. The predicted octanol–water partition coefficient (Wildman–Crippen LogP) is 38.1. The van der Waals surface area contributed by atoms with E-state index in [9.17, 15) is 9.59 Å². The summed E-state index contributed by atoms with van der Waals surface area (Å²) in [5, 5.41) is 14.7. The molecule has 0 unspecified atom stereocenters. The average molecular weight is 2020 g/mol. The Morgan fingerprint density at radius 2 is 0.721 bits per heavy atom. The summed E-state index contributed by atoms with van der Waals surface area (Å²) in [5.74, 6) is 2.36. The highest BCUT2D eigenvalue weighted by atomic mass is 32.1. The van der Waals surface area contributed by atoms with Gasteiger partial charge >= 0.3 is 11.4 Å². The topological polar surface area (TPSA) is 252 Å². The van der Waals surface area contributed by atoms with Crippen LogP contribution in [0.1, 0.15) is 203 Å². The zero-order chi connectivity index (χ0) is 109. The number of oxazole rings is 3. The van der Waals surface area contributed by atoms with Crippen molar-refractivity contribution in [3.63, 3.8) is 0 Å². The lowest BCUT2D eigenvalue weighted by atomic mass is 10.1. The molecule has 780 valence electrons. The molecule has 0 radical (unpaired) electrons. The van der Waals surface area contributed by atoms with Crippen LogP contribution < -0.4 is 25.6 Å². The normalized spacial score (nSPS) is 9.76. The van der Waals surface area contributed by atoms with Crippen LogP contribution in [0.2, 0.25) is 0 Å². The van der Waals surface area contributed by atoms with Crippen molar-refractivity contribution >= 4 is 131 Å². The third-order valence-corrected chi connectivity index (χ3v) is 20.1. The maximum absolute atomic E-state index is 10.7. The van der Waals surface area contributed by atoms with E-state index in [2.05, 4.69) is 129 Å². The van der Waals surface area contributed by atoms with E-state index in [1.54, 1.807) is 70.7 Å². The van der Waals surface area contributed by atoms with E-state index in [-0.39, 0.29) is 5.63 Å². The number of ether oxygens (including phenoxy) is 3. The number of aromatic amines is 3. The maximum Gasteiger partial charge on any atom is 0.417 e. The molecule has 13 aromatic carbocycles. The number of fused-ring (bicyclic) bond motifs is 13. The highest BCUT2D eigenvalue weighted by Gasteiger charge is 2.11. The minimum Gasteiger partial charge on any atom is -0.493 e. The van der Waals surface area contributed by atoms with Gasteiger partial charge in [-0.25, -0.2) is 29.5 Å². The summed E-state index contributed by atoms with van der Waals surface area (Å²) < 4.78 is 42.9. The Labute approximate surface area is 881 Å². The van der Waals surface area contributed by atoms with E-state index in [0.29, 0.717) is 18.0 Å². The molecule has 1 aliphatic carbocycles. The Kier molecular flexibility index (Phi) is 75.7. The van der Waals surface area contributed by atoms with Gasteiger partial charge in [-0.05, 0) is 180 Å². The van der Waals surface area contributed by atoms with Crippen LogP contribution in [0.5, 0.6) is 17.2 Å². The molecule has 147 heavy (non-hydrogen) atoms. The molecule has 0 atom stereocenters. The number of H-pyrrole nitrogens is 3. The number of hydrogen-bond acceptors (Lipinski definition) is 18. The zero-order valence-corrected chi connectivity index (χ0v) is 93.1. The van der Waals surface area contributed by atoms with Crippen LogP contribution in [0.25, 0.3) is 108 Å². The van der Waals surface area contributed by atoms with Crippen molar-refractivity contribution < 1.29 is 36.3 Å². The number of aromatic nitrogens is 9. The number of furan rings is 1. The number of pyridine rings is 1. The fraction of sp³-hybridized carbons (Fsp3) is 0.254. The van der Waals surface area contributed by atoms with Crippen molar-refractivity contribution in [3.8, 4) is 17.2 Å². The Morgan fingerprint density at radius 1 is 0.286 bits per heavy atom. The number of nitrogens with zero attached hydrogens (tertiary/aromatic N) is 6. The molecule has 0 fully saturated rings. The molecule has 0 bridgehead atoms. The van der Waals surface area contributed by atoms with Gasteiger partial charge in [-0.2, -0.15) is 5.10 Å². The molecule has 0 saturated carbocycles. The van der Waals surface area contributed by atoms with Crippen LogP contribution in [0, 0.1) is 0 Å². The average Bonchev–Trinajstić information content (AvgIpc) is 1.85. The highest BCUT2D eigenvalue weighted by Crippen LogP contribution is 2.31. The molecule has 19 nitrogen and oxygen atoms in total. The van der Waals surface area contributed by atoms with Gasteiger partial charge in [0.1, 0.15) is 27.9 Å². The second kappa shape index (κ2) is 86.0. The molecule has 12 heterocycles. The molecule has 3 aliphatic rings. The van der Waals surface area contributed by atoms with Gasteiger partial charge < -0.3 is 41.3 Å². The summed E-state index contributed by atoms with van der Waals surface area (Å²) in [6.45, 7) is 53.2. The fourth-order valence-corrected chi connectivity index (χ4v) is 13.9. The fourth-order valence-electron chi connectivity index (χ4n) is 12.4. The minimum absolute atomic E-state index is 0.302. The number of imidazole rings is 1. The van der Waals surface area contributed by atoms with Crippen LogP contribution in [-0.4, -0.2) is 58.5 Å². The summed E-state index contributed by atoms with van der Waals surface area (Å²) in [4.78, 5) is 47.1. The van der Waals surface area contributed by atoms with Crippen molar-refractivity contribution in [2.75, 3.05) is 13.4 Å². The Morgan fingerprint density at radius 3 is 1.24 bits per heavy atom.